The first-order valence-corrected chi connectivity index (χ1v) is 9.37. The van der Waals surface area contributed by atoms with Crippen molar-refractivity contribution in [3.05, 3.63) is 81.0 Å². The van der Waals surface area contributed by atoms with Gasteiger partial charge in [-0.3, -0.25) is 9.59 Å². The molecule has 0 unspecified atom stereocenters. The number of nitrogens with one attached hydrogen (secondary N) is 2. The smallest absolute Gasteiger partial charge is 0.265 e. The minimum atomic E-state index is -0.266. The van der Waals surface area contributed by atoms with Crippen molar-refractivity contribution in [1.29, 1.82) is 0 Å². The number of anilines is 2. The fourth-order valence-electron chi connectivity index (χ4n) is 2.38. The fourth-order valence-corrected chi connectivity index (χ4v) is 3.16. The number of amides is 2. The van der Waals surface area contributed by atoms with Gasteiger partial charge in [-0.05, 0) is 53.8 Å². The van der Waals surface area contributed by atoms with E-state index in [-0.39, 0.29) is 11.8 Å². The largest absolute Gasteiger partial charge is 0.322 e. The molecule has 0 saturated carbocycles. The molecule has 1 aromatic heterocycles. The molecular weight excluding hydrogens is 368 g/mol. The number of carbonyl (C=O) groups excluding carboxylic acids is 2. The van der Waals surface area contributed by atoms with E-state index in [4.69, 9.17) is 11.6 Å². The highest BCUT2D eigenvalue weighted by Gasteiger charge is 2.13. The summed E-state index contributed by atoms with van der Waals surface area (Å²) in [7, 11) is 0. The van der Waals surface area contributed by atoms with Gasteiger partial charge >= 0.3 is 0 Å². The molecule has 2 amide bonds. The summed E-state index contributed by atoms with van der Waals surface area (Å²) in [6.07, 6.45) is 0.943. The maximum atomic E-state index is 12.5. The van der Waals surface area contributed by atoms with Gasteiger partial charge in [-0.15, -0.1) is 11.3 Å². The third-order valence-corrected chi connectivity index (χ3v) is 5.04. The maximum Gasteiger partial charge on any atom is 0.265 e. The number of aryl methyl sites for hydroxylation is 1. The lowest BCUT2D eigenvalue weighted by atomic mass is 10.1. The Morgan fingerprint density at radius 2 is 1.77 bits per heavy atom. The molecule has 0 radical (unpaired) electrons. The first-order chi connectivity index (χ1) is 12.6. The maximum absolute atomic E-state index is 12.5. The van der Waals surface area contributed by atoms with E-state index in [1.54, 1.807) is 30.3 Å². The topological polar surface area (TPSA) is 58.2 Å². The van der Waals surface area contributed by atoms with Crippen LogP contribution in [0.1, 0.15) is 32.5 Å². The van der Waals surface area contributed by atoms with Crippen molar-refractivity contribution in [3.63, 3.8) is 0 Å². The number of hydrogen-bond donors (Lipinski definition) is 2. The Morgan fingerprint density at radius 1 is 1.00 bits per heavy atom. The molecule has 2 aromatic carbocycles. The van der Waals surface area contributed by atoms with Gasteiger partial charge in [0, 0.05) is 11.3 Å². The molecule has 4 nitrogen and oxygen atoms in total. The van der Waals surface area contributed by atoms with Crippen LogP contribution < -0.4 is 10.6 Å². The molecule has 0 aliphatic heterocycles. The van der Waals surface area contributed by atoms with E-state index in [9.17, 15) is 9.59 Å². The molecule has 0 aliphatic rings. The zero-order chi connectivity index (χ0) is 18.5. The summed E-state index contributed by atoms with van der Waals surface area (Å²) in [5.74, 6) is -0.521. The predicted octanol–water partition coefficient (Wildman–Crippen LogP) is 5.47. The van der Waals surface area contributed by atoms with Crippen LogP contribution in [0.15, 0.2) is 60.0 Å². The predicted molar refractivity (Wildman–Crippen MR) is 107 cm³/mol. The highest BCUT2D eigenvalue weighted by molar-refractivity contribution is 7.12. The van der Waals surface area contributed by atoms with Gasteiger partial charge in [0.1, 0.15) is 0 Å². The van der Waals surface area contributed by atoms with E-state index < -0.39 is 0 Å². The standard InChI is InChI=1S/C20H17ClN2O2S/c1-2-13-5-8-15(9-6-13)22-19(24)14-7-10-16(21)17(12-14)23-20(25)18-4-3-11-26-18/h3-12H,2H2,1H3,(H,22,24)(H,23,25). The molecule has 0 atom stereocenters. The molecule has 0 aliphatic carbocycles. The van der Waals surface area contributed by atoms with Crippen molar-refractivity contribution in [2.75, 3.05) is 10.6 Å². The Kier molecular flexibility index (Phi) is 5.71. The third-order valence-electron chi connectivity index (χ3n) is 3.84. The second-order valence-corrected chi connectivity index (χ2v) is 6.99. The van der Waals surface area contributed by atoms with Crippen LogP contribution in [-0.4, -0.2) is 11.8 Å². The van der Waals surface area contributed by atoms with Gasteiger partial charge in [-0.2, -0.15) is 0 Å². The van der Waals surface area contributed by atoms with E-state index >= 15 is 0 Å². The molecule has 3 rings (SSSR count). The SMILES string of the molecule is CCc1ccc(NC(=O)c2ccc(Cl)c(NC(=O)c3cccs3)c2)cc1. The summed E-state index contributed by atoms with van der Waals surface area (Å²) < 4.78 is 0. The molecule has 2 N–H and O–H groups in total. The minimum Gasteiger partial charge on any atom is -0.322 e. The molecular formula is C20H17ClN2O2S. The monoisotopic (exact) mass is 384 g/mol. The van der Waals surface area contributed by atoms with Gasteiger partial charge in [0.25, 0.3) is 11.8 Å². The van der Waals surface area contributed by atoms with Gasteiger partial charge < -0.3 is 10.6 Å². The lowest BCUT2D eigenvalue weighted by Crippen LogP contribution is -2.14. The molecule has 0 bridgehead atoms. The summed E-state index contributed by atoms with van der Waals surface area (Å²) in [6, 6.07) is 16.0. The van der Waals surface area contributed by atoms with Crippen LogP contribution in [0.25, 0.3) is 0 Å². The summed E-state index contributed by atoms with van der Waals surface area (Å²) in [4.78, 5) is 25.3. The average Bonchev–Trinajstić information content (AvgIpc) is 3.19. The normalized spacial score (nSPS) is 10.4. The van der Waals surface area contributed by atoms with E-state index in [2.05, 4.69) is 17.6 Å². The number of halogens is 1. The van der Waals surface area contributed by atoms with Crippen LogP contribution in [0.4, 0.5) is 11.4 Å². The molecule has 3 aromatic rings. The van der Waals surface area contributed by atoms with E-state index in [1.165, 1.54) is 16.9 Å². The van der Waals surface area contributed by atoms with Crippen LogP contribution in [0.3, 0.4) is 0 Å². The van der Waals surface area contributed by atoms with Crippen molar-refractivity contribution in [2.24, 2.45) is 0 Å². The molecule has 0 saturated heterocycles. The van der Waals surface area contributed by atoms with Crippen LogP contribution in [0.5, 0.6) is 0 Å². The summed E-state index contributed by atoms with van der Waals surface area (Å²) in [6.45, 7) is 2.08. The van der Waals surface area contributed by atoms with E-state index in [0.717, 1.165) is 6.42 Å². The summed E-state index contributed by atoms with van der Waals surface area (Å²) in [5, 5.41) is 7.79. The van der Waals surface area contributed by atoms with Crippen molar-refractivity contribution >= 4 is 46.1 Å². The first kappa shape index (κ1) is 18.2. The quantitative estimate of drug-likeness (QED) is 0.612. The summed E-state index contributed by atoms with van der Waals surface area (Å²) in [5.41, 5.74) is 2.73. The van der Waals surface area contributed by atoms with E-state index in [0.29, 0.717) is 26.8 Å². The van der Waals surface area contributed by atoms with Crippen molar-refractivity contribution in [3.8, 4) is 0 Å². The first-order valence-electron chi connectivity index (χ1n) is 8.11. The van der Waals surface area contributed by atoms with Crippen LogP contribution >= 0.6 is 22.9 Å². The van der Waals surface area contributed by atoms with Gasteiger partial charge in [0.2, 0.25) is 0 Å². The average molecular weight is 385 g/mol. The number of carbonyl (C=O) groups is 2. The van der Waals surface area contributed by atoms with Crippen LogP contribution in [0.2, 0.25) is 5.02 Å². The Labute approximate surface area is 160 Å². The van der Waals surface area contributed by atoms with Gasteiger partial charge in [-0.25, -0.2) is 0 Å². The highest BCUT2D eigenvalue weighted by atomic mass is 35.5. The second-order valence-electron chi connectivity index (χ2n) is 5.63. The Bertz CT molecular complexity index is 921. The summed E-state index contributed by atoms with van der Waals surface area (Å²) >= 11 is 7.49. The Morgan fingerprint density at radius 3 is 2.42 bits per heavy atom. The number of hydrogen-bond acceptors (Lipinski definition) is 3. The number of thiophene rings is 1. The van der Waals surface area contributed by atoms with Crippen LogP contribution in [0, 0.1) is 0 Å². The molecule has 0 fully saturated rings. The minimum absolute atomic E-state index is 0.255. The van der Waals surface area contributed by atoms with Crippen molar-refractivity contribution < 1.29 is 9.59 Å². The molecule has 0 spiro atoms. The highest BCUT2D eigenvalue weighted by Crippen LogP contribution is 2.25. The van der Waals surface area contributed by atoms with E-state index in [1.807, 2.05) is 29.6 Å². The third kappa shape index (κ3) is 4.31. The van der Waals surface area contributed by atoms with Crippen molar-refractivity contribution in [1.82, 2.24) is 0 Å². The van der Waals surface area contributed by atoms with Gasteiger partial charge in [0.15, 0.2) is 0 Å². The van der Waals surface area contributed by atoms with Crippen LogP contribution in [-0.2, 0) is 6.42 Å². The Hall–Kier alpha value is -2.63. The van der Waals surface area contributed by atoms with Gasteiger partial charge in [0.05, 0.1) is 15.6 Å². The fraction of sp³-hybridized carbons (Fsp3) is 0.100. The number of rotatable bonds is 5. The molecule has 6 heteroatoms. The zero-order valence-electron chi connectivity index (χ0n) is 14.1. The molecule has 26 heavy (non-hydrogen) atoms. The van der Waals surface area contributed by atoms with Crippen molar-refractivity contribution in [2.45, 2.75) is 13.3 Å². The Balaban J connectivity index is 1.75. The van der Waals surface area contributed by atoms with Gasteiger partial charge in [-0.1, -0.05) is 36.7 Å². The lowest BCUT2D eigenvalue weighted by Gasteiger charge is -2.10. The zero-order valence-corrected chi connectivity index (χ0v) is 15.7. The molecule has 1 heterocycles. The second kappa shape index (κ2) is 8.17. The molecule has 132 valence electrons. The lowest BCUT2D eigenvalue weighted by molar-refractivity contribution is 0.101. The number of benzene rings is 2.